The van der Waals surface area contributed by atoms with Crippen molar-refractivity contribution in [2.45, 2.75) is 42.7 Å². The number of carbonyl (C=O) groups excluding carboxylic acids is 1. The van der Waals surface area contributed by atoms with E-state index in [0.717, 1.165) is 17.4 Å². The number of aryl methyl sites for hydroxylation is 2. The zero-order chi connectivity index (χ0) is 26.3. The Labute approximate surface area is 211 Å². The first-order chi connectivity index (χ1) is 16.9. The van der Waals surface area contributed by atoms with Crippen molar-refractivity contribution >= 4 is 31.5 Å². The van der Waals surface area contributed by atoms with Gasteiger partial charge in [0.15, 0.2) is 15.9 Å². The molecular formula is C26H28N2O6S2. The number of hydrogen-bond donors (Lipinski definition) is 1. The first kappa shape index (κ1) is 25.7. The van der Waals surface area contributed by atoms with Crippen molar-refractivity contribution in [3.63, 3.8) is 0 Å². The lowest BCUT2D eigenvalue weighted by Crippen LogP contribution is -2.51. The van der Waals surface area contributed by atoms with E-state index in [1.54, 1.807) is 61.5 Å². The highest BCUT2D eigenvalue weighted by Gasteiger charge is 2.38. The van der Waals surface area contributed by atoms with E-state index >= 15 is 0 Å². The smallest absolute Gasteiger partial charge is 0.264 e. The monoisotopic (exact) mass is 528 g/mol. The summed E-state index contributed by atoms with van der Waals surface area (Å²) >= 11 is 0. The number of anilines is 1. The minimum Gasteiger partial charge on any atom is -0.476 e. The predicted molar refractivity (Wildman–Crippen MR) is 137 cm³/mol. The fourth-order valence-corrected chi connectivity index (χ4v) is 6.05. The highest BCUT2D eigenvalue weighted by atomic mass is 32.2. The van der Waals surface area contributed by atoms with Crippen molar-refractivity contribution in [2.24, 2.45) is 0 Å². The summed E-state index contributed by atoms with van der Waals surface area (Å²) in [6.45, 7) is 5.29. The Morgan fingerprint density at radius 2 is 1.50 bits per heavy atom. The molecule has 1 N–H and O–H groups in total. The minimum atomic E-state index is -3.96. The molecule has 3 aromatic carbocycles. The number of amides is 1. The Hall–Kier alpha value is -3.37. The molecule has 36 heavy (non-hydrogen) atoms. The highest BCUT2D eigenvalue weighted by molar-refractivity contribution is 7.92. The lowest BCUT2D eigenvalue weighted by Gasteiger charge is -2.35. The van der Waals surface area contributed by atoms with Gasteiger partial charge in [-0.15, -0.1) is 0 Å². The highest BCUT2D eigenvalue weighted by Crippen LogP contribution is 2.38. The van der Waals surface area contributed by atoms with Gasteiger partial charge in [0, 0.05) is 6.26 Å². The van der Waals surface area contributed by atoms with Gasteiger partial charge in [0.1, 0.15) is 5.75 Å². The molecule has 0 radical (unpaired) electrons. The van der Waals surface area contributed by atoms with Gasteiger partial charge < -0.3 is 10.1 Å². The molecule has 0 saturated carbocycles. The second kappa shape index (κ2) is 9.59. The van der Waals surface area contributed by atoms with Crippen LogP contribution in [0.3, 0.4) is 0 Å². The lowest BCUT2D eigenvalue weighted by atomic mass is 10.1. The molecule has 0 saturated heterocycles. The summed E-state index contributed by atoms with van der Waals surface area (Å²) in [5, 5.41) is 2.85. The second-order valence-electron chi connectivity index (χ2n) is 9.00. The molecule has 10 heteroatoms. The topological polar surface area (TPSA) is 110 Å². The van der Waals surface area contributed by atoms with E-state index in [1.807, 2.05) is 13.8 Å². The van der Waals surface area contributed by atoms with Crippen LogP contribution in [0.15, 0.2) is 76.5 Å². The Kier molecular flexibility index (Phi) is 6.85. The molecule has 0 bridgehead atoms. The van der Waals surface area contributed by atoms with Gasteiger partial charge in [-0.1, -0.05) is 35.9 Å². The van der Waals surface area contributed by atoms with E-state index in [-0.39, 0.29) is 16.3 Å². The van der Waals surface area contributed by atoms with Crippen molar-refractivity contribution in [3.8, 4) is 5.75 Å². The van der Waals surface area contributed by atoms with Crippen molar-refractivity contribution in [1.29, 1.82) is 0 Å². The molecule has 2 atom stereocenters. The standard InChI is InChI=1S/C26H28N2O6S2/c1-17-5-10-22(11-6-17)36(32,33)28-16-25(34-24-14-7-18(2)15-23(24)28)26(29)27-19(3)20-8-12-21(13-9-20)35(4,30)31/h5-15,19,25H,16H2,1-4H3,(H,27,29)/t19-,25+/m0/s1. The van der Waals surface area contributed by atoms with Crippen LogP contribution in [0, 0.1) is 13.8 Å². The maximum absolute atomic E-state index is 13.6. The van der Waals surface area contributed by atoms with Gasteiger partial charge >= 0.3 is 0 Å². The molecule has 1 aliphatic heterocycles. The van der Waals surface area contributed by atoms with Crippen LogP contribution in [-0.2, 0) is 24.7 Å². The summed E-state index contributed by atoms with van der Waals surface area (Å²) < 4.78 is 57.7. The van der Waals surface area contributed by atoms with Crippen LogP contribution in [-0.4, -0.2) is 41.6 Å². The molecule has 4 rings (SSSR count). The number of fused-ring (bicyclic) bond motifs is 1. The SMILES string of the molecule is Cc1ccc(S(=O)(=O)N2C[C@H](C(=O)N[C@@H](C)c3ccc(S(C)(=O)=O)cc3)Oc3ccc(C)cc32)cc1. The second-order valence-corrected chi connectivity index (χ2v) is 12.9. The fraction of sp³-hybridized carbons (Fsp3) is 0.269. The molecule has 0 unspecified atom stereocenters. The van der Waals surface area contributed by atoms with Crippen LogP contribution in [0.25, 0.3) is 0 Å². The van der Waals surface area contributed by atoms with Crippen molar-refractivity contribution < 1.29 is 26.4 Å². The summed E-state index contributed by atoms with van der Waals surface area (Å²) in [6.07, 6.45) is 0.0433. The average Bonchev–Trinajstić information content (AvgIpc) is 2.83. The van der Waals surface area contributed by atoms with Crippen LogP contribution in [0.4, 0.5) is 5.69 Å². The predicted octanol–water partition coefficient (Wildman–Crippen LogP) is 3.54. The lowest BCUT2D eigenvalue weighted by molar-refractivity contribution is -0.128. The van der Waals surface area contributed by atoms with Crippen molar-refractivity contribution in [1.82, 2.24) is 5.32 Å². The fourth-order valence-electron chi connectivity index (χ4n) is 3.96. The van der Waals surface area contributed by atoms with E-state index in [4.69, 9.17) is 4.74 Å². The average molecular weight is 529 g/mol. The Morgan fingerprint density at radius 3 is 2.11 bits per heavy atom. The normalized spacial score (nSPS) is 16.6. The van der Waals surface area contributed by atoms with Gasteiger partial charge in [0.05, 0.1) is 28.1 Å². The molecule has 0 aliphatic carbocycles. The minimum absolute atomic E-state index is 0.126. The summed E-state index contributed by atoms with van der Waals surface area (Å²) in [4.78, 5) is 13.5. The molecule has 0 spiro atoms. The van der Waals surface area contributed by atoms with Crippen LogP contribution >= 0.6 is 0 Å². The first-order valence-electron chi connectivity index (χ1n) is 11.3. The van der Waals surface area contributed by atoms with Gasteiger partial charge in [-0.2, -0.15) is 0 Å². The molecule has 1 heterocycles. The first-order valence-corrected chi connectivity index (χ1v) is 14.7. The van der Waals surface area contributed by atoms with E-state index in [2.05, 4.69) is 5.32 Å². The third kappa shape index (κ3) is 5.24. The van der Waals surface area contributed by atoms with Gasteiger partial charge in [0.2, 0.25) is 0 Å². The Morgan fingerprint density at radius 1 is 0.917 bits per heavy atom. The van der Waals surface area contributed by atoms with E-state index in [1.165, 1.54) is 16.4 Å². The number of nitrogens with one attached hydrogen (secondary N) is 1. The number of hydrogen-bond acceptors (Lipinski definition) is 6. The number of ether oxygens (including phenoxy) is 1. The molecule has 1 aliphatic rings. The number of nitrogens with zero attached hydrogens (tertiary/aromatic N) is 1. The van der Waals surface area contributed by atoms with E-state index < -0.39 is 37.9 Å². The van der Waals surface area contributed by atoms with E-state index in [0.29, 0.717) is 17.0 Å². The summed E-state index contributed by atoms with van der Waals surface area (Å²) in [5.41, 5.74) is 2.87. The van der Waals surface area contributed by atoms with Gasteiger partial charge in [-0.05, 0) is 68.3 Å². The molecule has 3 aromatic rings. The quantitative estimate of drug-likeness (QED) is 0.524. The largest absolute Gasteiger partial charge is 0.476 e. The number of sulfone groups is 1. The third-order valence-electron chi connectivity index (χ3n) is 6.05. The van der Waals surface area contributed by atoms with E-state index in [9.17, 15) is 21.6 Å². The van der Waals surface area contributed by atoms with Gasteiger partial charge in [0.25, 0.3) is 15.9 Å². The summed E-state index contributed by atoms with van der Waals surface area (Å²) in [6, 6.07) is 17.5. The zero-order valence-electron chi connectivity index (χ0n) is 20.4. The molecular weight excluding hydrogens is 500 g/mol. The van der Waals surface area contributed by atoms with Gasteiger partial charge in [-0.25, -0.2) is 16.8 Å². The van der Waals surface area contributed by atoms with Crippen molar-refractivity contribution in [2.75, 3.05) is 17.1 Å². The maximum atomic E-state index is 13.6. The molecule has 1 amide bonds. The molecule has 8 nitrogen and oxygen atoms in total. The summed E-state index contributed by atoms with van der Waals surface area (Å²) in [7, 11) is -7.29. The molecule has 0 aromatic heterocycles. The number of carbonyl (C=O) groups is 1. The van der Waals surface area contributed by atoms with Gasteiger partial charge in [-0.3, -0.25) is 9.10 Å². The zero-order valence-corrected chi connectivity index (χ0v) is 22.1. The van der Waals surface area contributed by atoms with Crippen LogP contribution < -0.4 is 14.4 Å². The van der Waals surface area contributed by atoms with Crippen LogP contribution in [0.2, 0.25) is 0 Å². The molecule has 0 fully saturated rings. The van der Waals surface area contributed by atoms with Crippen LogP contribution in [0.5, 0.6) is 5.75 Å². The maximum Gasteiger partial charge on any atom is 0.264 e. The number of sulfonamides is 1. The van der Waals surface area contributed by atoms with Crippen molar-refractivity contribution in [3.05, 3.63) is 83.4 Å². The number of benzene rings is 3. The molecule has 190 valence electrons. The van der Waals surface area contributed by atoms with Crippen LogP contribution in [0.1, 0.15) is 29.7 Å². The third-order valence-corrected chi connectivity index (χ3v) is 8.97. The Bertz CT molecular complexity index is 1500. The summed E-state index contributed by atoms with van der Waals surface area (Å²) in [5.74, 6) is -0.183. The Balaban J connectivity index is 1.60. The number of rotatable bonds is 6.